The molecule has 0 radical (unpaired) electrons. The van der Waals surface area contributed by atoms with Gasteiger partial charge in [0.1, 0.15) is 11.6 Å². The van der Waals surface area contributed by atoms with Gasteiger partial charge in [-0.3, -0.25) is 9.36 Å². The van der Waals surface area contributed by atoms with E-state index in [2.05, 4.69) is 36.0 Å². The van der Waals surface area contributed by atoms with Gasteiger partial charge in [0.15, 0.2) is 12.6 Å². The molecule has 1 saturated carbocycles. The number of phenolic OH excluding ortho intramolecular Hbond substituents is 1. The van der Waals surface area contributed by atoms with Crippen molar-refractivity contribution in [1.29, 1.82) is 0 Å². The van der Waals surface area contributed by atoms with E-state index < -0.39 is 18.2 Å². The summed E-state index contributed by atoms with van der Waals surface area (Å²) in [6, 6.07) is 8.97. The molecule has 2 aromatic heterocycles. The van der Waals surface area contributed by atoms with Gasteiger partial charge >= 0.3 is 0 Å². The Labute approximate surface area is 210 Å². The number of rotatable bonds is 7. The Bertz CT molecular complexity index is 1260. The first kappa shape index (κ1) is 25.8. The SMILES string of the molecule is CCC[C@]1(C)CCCC[C@H](N(C)c2ccc(-c3cc(F)c(-c4ccn(CF)c(=O)c4)cc3O)nn2)C1. The van der Waals surface area contributed by atoms with Crippen LogP contribution in [0, 0.1) is 11.2 Å². The third-order valence-electron chi connectivity index (χ3n) is 7.51. The van der Waals surface area contributed by atoms with Crippen molar-refractivity contribution in [2.75, 3.05) is 11.9 Å². The number of hydrogen-bond acceptors (Lipinski definition) is 5. The van der Waals surface area contributed by atoms with Crippen LogP contribution in [0.15, 0.2) is 47.4 Å². The van der Waals surface area contributed by atoms with Crippen molar-refractivity contribution in [3.05, 3.63) is 58.8 Å². The van der Waals surface area contributed by atoms with Gasteiger partial charge in [-0.15, -0.1) is 10.2 Å². The maximum absolute atomic E-state index is 15.0. The number of pyridine rings is 1. The number of benzene rings is 1. The lowest BCUT2D eigenvalue weighted by Gasteiger charge is -2.35. The van der Waals surface area contributed by atoms with Crippen molar-refractivity contribution in [2.24, 2.45) is 5.41 Å². The lowest BCUT2D eigenvalue weighted by atomic mass is 9.77. The first-order valence-corrected chi connectivity index (χ1v) is 12.6. The maximum Gasteiger partial charge on any atom is 0.253 e. The van der Waals surface area contributed by atoms with E-state index in [0.29, 0.717) is 17.2 Å². The second-order valence-corrected chi connectivity index (χ2v) is 10.2. The van der Waals surface area contributed by atoms with Crippen LogP contribution in [-0.4, -0.2) is 33.0 Å². The van der Waals surface area contributed by atoms with Gasteiger partial charge in [-0.05, 0) is 67.0 Å². The van der Waals surface area contributed by atoms with Gasteiger partial charge in [-0.2, -0.15) is 0 Å². The van der Waals surface area contributed by atoms with Crippen molar-refractivity contribution in [1.82, 2.24) is 14.8 Å². The standard InChI is InChI=1S/C28H34F2N4O2/c1-4-11-28(2)12-6-5-7-20(17-28)33(3)26-9-8-24(31-32-26)22-15-23(30)21(16-25(22)35)19-10-13-34(18-29)27(36)14-19/h8-10,13-16,20,35H,4-7,11-12,17-18H2,1-3H3/t20-,28+/m0/s1. The number of aromatic hydroxyl groups is 1. The molecular weight excluding hydrogens is 462 g/mol. The molecule has 2 atom stereocenters. The Kier molecular flexibility index (Phi) is 7.71. The van der Waals surface area contributed by atoms with Gasteiger partial charge in [0.2, 0.25) is 0 Å². The van der Waals surface area contributed by atoms with E-state index in [1.165, 1.54) is 56.5 Å². The quantitative estimate of drug-likeness (QED) is 0.388. The number of aromatic nitrogens is 3. The van der Waals surface area contributed by atoms with E-state index in [4.69, 9.17) is 0 Å². The van der Waals surface area contributed by atoms with Gasteiger partial charge in [0.25, 0.3) is 5.56 Å². The summed E-state index contributed by atoms with van der Waals surface area (Å²) < 4.78 is 28.7. The number of anilines is 1. The van der Waals surface area contributed by atoms with E-state index in [9.17, 15) is 18.7 Å². The average molecular weight is 497 g/mol. The molecule has 1 aliphatic carbocycles. The first-order valence-electron chi connectivity index (χ1n) is 12.6. The Morgan fingerprint density at radius 2 is 1.97 bits per heavy atom. The van der Waals surface area contributed by atoms with Crippen LogP contribution < -0.4 is 10.5 Å². The van der Waals surface area contributed by atoms with Gasteiger partial charge in [-0.25, -0.2) is 8.78 Å². The van der Waals surface area contributed by atoms with Crippen LogP contribution >= 0.6 is 0 Å². The zero-order valence-electron chi connectivity index (χ0n) is 21.2. The fraction of sp³-hybridized carbons (Fsp3) is 0.464. The van der Waals surface area contributed by atoms with Crippen molar-refractivity contribution < 1.29 is 13.9 Å². The molecule has 1 aliphatic rings. The molecule has 192 valence electrons. The van der Waals surface area contributed by atoms with Crippen LogP contribution in [0.25, 0.3) is 22.4 Å². The molecule has 2 heterocycles. The molecule has 0 bridgehead atoms. The third-order valence-corrected chi connectivity index (χ3v) is 7.51. The monoisotopic (exact) mass is 496 g/mol. The zero-order chi connectivity index (χ0) is 25.9. The van der Waals surface area contributed by atoms with Crippen LogP contribution in [0.2, 0.25) is 0 Å². The summed E-state index contributed by atoms with van der Waals surface area (Å²) in [6.07, 6.45) is 9.59. The highest BCUT2D eigenvalue weighted by molar-refractivity contribution is 5.74. The minimum atomic E-state index is -0.964. The summed E-state index contributed by atoms with van der Waals surface area (Å²) in [5.74, 6) is -0.0676. The highest BCUT2D eigenvalue weighted by atomic mass is 19.1. The average Bonchev–Trinajstić information content (AvgIpc) is 3.06. The van der Waals surface area contributed by atoms with Gasteiger partial charge in [-0.1, -0.05) is 33.1 Å². The second-order valence-electron chi connectivity index (χ2n) is 10.2. The molecule has 4 rings (SSSR count). The summed E-state index contributed by atoms with van der Waals surface area (Å²) in [5.41, 5.74) is 0.602. The fourth-order valence-corrected chi connectivity index (χ4v) is 5.47. The lowest BCUT2D eigenvalue weighted by Crippen LogP contribution is -2.36. The van der Waals surface area contributed by atoms with Crippen molar-refractivity contribution in [3.8, 4) is 28.1 Å². The number of phenols is 1. The normalized spacial score (nSPS) is 20.2. The molecule has 36 heavy (non-hydrogen) atoms. The zero-order valence-corrected chi connectivity index (χ0v) is 21.2. The minimum Gasteiger partial charge on any atom is -0.507 e. The predicted molar refractivity (Wildman–Crippen MR) is 138 cm³/mol. The molecule has 3 aromatic rings. The molecule has 0 aliphatic heterocycles. The van der Waals surface area contributed by atoms with Crippen LogP contribution in [0.4, 0.5) is 14.6 Å². The van der Waals surface area contributed by atoms with Gasteiger partial charge < -0.3 is 10.0 Å². The number of halogens is 2. The van der Waals surface area contributed by atoms with E-state index in [1.807, 2.05) is 6.07 Å². The Hall–Kier alpha value is -3.29. The molecule has 0 amide bonds. The van der Waals surface area contributed by atoms with E-state index in [-0.39, 0.29) is 22.4 Å². The highest BCUT2D eigenvalue weighted by Crippen LogP contribution is 2.41. The Morgan fingerprint density at radius 1 is 1.17 bits per heavy atom. The molecule has 0 saturated heterocycles. The summed E-state index contributed by atoms with van der Waals surface area (Å²) in [7, 11) is 2.05. The van der Waals surface area contributed by atoms with Crippen molar-refractivity contribution >= 4 is 5.82 Å². The number of hydrogen-bond donors (Lipinski definition) is 1. The molecule has 1 fully saturated rings. The largest absolute Gasteiger partial charge is 0.507 e. The summed E-state index contributed by atoms with van der Waals surface area (Å²) in [4.78, 5) is 14.1. The molecule has 0 unspecified atom stereocenters. The fourth-order valence-electron chi connectivity index (χ4n) is 5.47. The lowest BCUT2D eigenvalue weighted by molar-refractivity contribution is 0.238. The number of alkyl halides is 1. The number of nitrogens with zero attached hydrogens (tertiary/aromatic N) is 4. The van der Waals surface area contributed by atoms with Gasteiger partial charge in [0, 0.05) is 36.5 Å². The Balaban J connectivity index is 1.56. The third kappa shape index (κ3) is 5.42. The van der Waals surface area contributed by atoms with Crippen molar-refractivity contribution in [3.63, 3.8) is 0 Å². The second kappa shape index (κ2) is 10.8. The first-order chi connectivity index (χ1) is 17.2. The van der Waals surface area contributed by atoms with Crippen LogP contribution in [0.1, 0.15) is 58.8 Å². The highest BCUT2D eigenvalue weighted by Gasteiger charge is 2.32. The van der Waals surface area contributed by atoms with Gasteiger partial charge in [0.05, 0.1) is 5.69 Å². The molecule has 1 N–H and O–H groups in total. The topological polar surface area (TPSA) is 71.2 Å². The minimum absolute atomic E-state index is 0.0483. The predicted octanol–water partition coefficient (Wildman–Crippen LogP) is 6.32. The summed E-state index contributed by atoms with van der Waals surface area (Å²) in [6.45, 7) is 3.67. The van der Waals surface area contributed by atoms with Crippen LogP contribution in [0.3, 0.4) is 0 Å². The smallest absolute Gasteiger partial charge is 0.253 e. The summed E-state index contributed by atoms with van der Waals surface area (Å²) >= 11 is 0. The maximum atomic E-state index is 15.0. The van der Waals surface area contributed by atoms with Crippen LogP contribution in [0.5, 0.6) is 5.75 Å². The molecular formula is C28H34F2N4O2. The molecule has 1 aromatic carbocycles. The Morgan fingerprint density at radius 3 is 2.64 bits per heavy atom. The van der Waals surface area contributed by atoms with E-state index >= 15 is 0 Å². The molecule has 8 heteroatoms. The molecule has 6 nitrogen and oxygen atoms in total. The summed E-state index contributed by atoms with van der Waals surface area (Å²) in [5, 5.41) is 19.3. The molecule has 0 spiro atoms. The van der Waals surface area contributed by atoms with Crippen LogP contribution in [-0.2, 0) is 6.80 Å². The van der Waals surface area contributed by atoms with Crippen molar-refractivity contribution in [2.45, 2.75) is 71.6 Å². The van der Waals surface area contributed by atoms with E-state index in [0.717, 1.165) is 29.3 Å². The van der Waals surface area contributed by atoms with E-state index in [1.54, 1.807) is 6.07 Å².